The summed E-state index contributed by atoms with van der Waals surface area (Å²) in [5.41, 5.74) is 2.38. The topological polar surface area (TPSA) is 83.8 Å². The lowest BCUT2D eigenvalue weighted by Gasteiger charge is -2.28. The van der Waals surface area contributed by atoms with Crippen LogP contribution >= 0.6 is 0 Å². The highest BCUT2D eigenvalue weighted by atomic mass is 16.5. The molecule has 0 aliphatic rings. The molecule has 0 unspecified atom stereocenters. The van der Waals surface area contributed by atoms with Crippen LogP contribution in [0, 0.1) is 0 Å². The summed E-state index contributed by atoms with van der Waals surface area (Å²) in [6.07, 6.45) is 23.1. The second-order valence-electron chi connectivity index (χ2n) is 14.3. The van der Waals surface area contributed by atoms with Crippen molar-refractivity contribution in [3.63, 3.8) is 0 Å². The molecule has 0 amide bonds. The third-order valence-corrected chi connectivity index (χ3v) is 7.96. The first kappa shape index (κ1) is 41.0. The number of carboxylic acid groups (broad SMARTS) is 1. The summed E-state index contributed by atoms with van der Waals surface area (Å²) in [5, 5.41) is 19.4. The van der Waals surface area contributed by atoms with Crippen molar-refractivity contribution in [3.8, 4) is 5.75 Å². The van der Waals surface area contributed by atoms with Gasteiger partial charge in [0.1, 0.15) is 5.75 Å². The van der Waals surface area contributed by atoms with Gasteiger partial charge in [-0.2, -0.15) is 0 Å². The Morgan fingerprint density at radius 1 is 0.651 bits per heavy atom. The fourth-order valence-corrected chi connectivity index (χ4v) is 5.17. The van der Waals surface area contributed by atoms with Crippen molar-refractivity contribution in [1.82, 2.24) is 0 Å². The molecule has 0 saturated carbocycles. The van der Waals surface area contributed by atoms with Crippen molar-refractivity contribution >= 4 is 11.9 Å². The summed E-state index contributed by atoms with van der Waals surface area (Å²) in [5.74, 6) is -0.525. The number of benzene rings is 1. The minimum atomic E-state index is -0.798. The summed E-state index contributed by atoms with van der Waals surface area (Å²) in [7, 11) is 0. The number of aliphatic carboxylic acids is 1. The lowest BCUT2D eigenvalue weighted by molar-refractivity contribution is -0.143. The number of ether oxygens (including phenoxy) is 1. The van der Waals surface area contributed by atoms with Gasteiger partial charge < -0.3 is 14.9 Å². The van der Waals surface area contributed by atoms with Gasteiger partial charge in [-0.05, 0) is 40.4 Å². The van der Waals surface area contributed by atoms with Crippen molar-refractivity contribution in [1.29, 1.82) is 0 Å². The molecule has 1 aromatic carbocycles. The summed E-state index contributed by atoms with van der Waals surface area (Å²) in [4.78, 5) is 21.7. The molecule has 0 aromatic heterocycles. The van der Waals surface area contributed by atoms with Crippen LogP contribution in [0.25, 0.3) is 0 Å². The standard InChI is InChI=1S/C21H42O2.C17H26O3/c1-3-5-6-7-8-9-10-11-12-13-14-15-16-17-18-19-20-23-21(22)4-2;1-16(2,3)12-9-11(7-8-14(18)19)10-13(15(12)20)17(4,5)6/h3-20H2,1-2H3;9-10,20H,7-8H2,1-6H3,(H,18,19). The van der Waals surface area contributed by atoms with E-state index in [4.69, 9.17) is 9.84 Å². The number of carboxylic acids is 1. The van der Waals surface area contributed by atoms with Gasteiger partial charge in [-0.3, -0.25) is 9.59 Å². The van der Waals surface area contributed by atoms with Crippen LogP contribution in [0.5, 0.6) is 5.75 Å². The molecule has 0 bridgehead atoms. The molecule has 0 aliphatic heterocycles. The molecule has 1 rings (SSSR count). The zero-order valence-corrected chi connectivity index (χ0v) is 29.4. The minimum absolute atomic E-state index is 0.0639. The highest BCUT2D eigenvalue weighted by Crippen LogP contribution is 2.40. The molecule has 0 atom stereocenters. The number of unbranched alkanes of at least 4 members (excludes halogenated alkanes) is 15. The van der Waals surface area contributed by atoms with Crippen LogP contribution in [-0.2, 0) is 31.6 Å². The highest BCUT2D eigenvalue weighted by Gasteiger charge is 2.26. The largest absolute Gasteiger partial charge is 0.507 e. The van der Waals surface area contributed by atoms with E-state index in [1.54, 1.807) is 0 Å². The molecular formula is C38H68O5. The Balaban J connectivity index is 0.000000827. The lowest BCUT2D eigenvalue weighted by Crippen LogP contribution is -2.18. The maximum absolute atomic E-state index is 10.9. The molecule has 0 heterocycles. The van der Waals surface area contributed by atoms with Gasteiger partial charge in [0.25, 0.3) is 0 Å². The van der Waals surface area contributed by atoms with E-state index >= 15 is 0 Å². The average molecular weight is 605 g/mol. The van der Waals surface area contributed by atoms with Gasteiger partial charge in [0.2, 0.25) is 0 Å². The lowest BCUT2D eigenvalue weighted by atomic mass is 9.78. The average Bonchev–Trinajstić information content (AvgIpc) is 2.93. The van der Waals surface area contributed by atoms with E-state index in [0.717, 1.165) is 23.1 Å². The smallest absolute Gasteiger partial charge is 0.305 e. The number of phenolic OH excluding ortho intramolecular Hbond substituents is 1. The Morgan fingerprint density at radius 3 is 1.35 bits per heavy atom. The number of aromatic hydroxyl groups is 1. The van der Waals surface area contributed by atoms with Crippen LogP contribution in [0.4, 0.5) is 0 Å². The van der Waals surface area contributed by atoms with E-state index in [0.29, 0.717) is 25.2 Å². The number of esters is 1. The van der Waals surface area contributed by atoms with Crippen LogP contribution in [-0.4, -0.2) is 28.8 Å². The van der Waals surface area contributed by atoms with Gasteiger partial charge in [0, 0.05) is 12.8 Å². The van der Waals surface area contributed by atoms with Crippen LogP contribution in [0.15, 0.2) is 12.1 Å². The molecule has 0 fully saturated rings. The summed E-state index contributed by atoms with van der Waals surface area (Å²) in [6.45, 7) is 17.0. The quantitative estimate of drug-likeness (QED) is 0.108. The number of aryl methyl sites for hydroxylation is 1. The Morgan fingerprint density at radius 2 is 1.02 bits per heavy atom. The fourth-order valence-electron chi connectivity index (χ4n) is 5.17. The van der Waals surface area contributed by atoms with Crippen LogP contribution < -0.4 is 0 Å². The van der Waals surface area contributed by atoms with Gasteiger partial charge in [-0.15, -0.1) is 0 Å². The first-order valence-electron chi connectivity index (χ1n) is 17.5. The molecule has 0 spiro atoms. The van der Waals surface area contributed by atoms with Crippen molar-refractivity contribution in [2.75, 3.05) is 6.61 Å². The van der Waals surface area contributed by atoms with E-state index in [1.165, 1.54) is 96.3 Å². The molecule has 0 radical (unpaired) electrons. The van der Waals surface area contributed by atoms with Crippen molar-refractivity contribution in [2.24, 2.45) is 0 Å². The number of phenols is 1. The zero-order chi connectivity index (χ0) is 32.7. The normalized spacial score (nSPS) is 11.6. The fraction of sp³-hybridized carbons (Fsp3) is 0.789. The third-order valence-electron chi connectivity index (χ3n) is 7.96. The second-order valence-corrected chi connectivity index (χ2v) is 14.3. The van der Waals surface area contributed by atoms with Gasteiger partial charge in [-0.1, -0.05) is 164 Å². The Hall–Kier alpha value is -2.04. The van der Waals surface area contributed by atoms with Gasteiger partial charge >= 0.3 is 11.9 Å². The SMILES string of the molecule is CC(C)(C)c1cc(CCC(=O)O)cc(C(C)(C)C)c1O.CCCCCCCCCCCCCCCCCCOC(=O)CC. The number of hydrogen-bond donors (Lipinski definition) is 2. The maximum Gasteiger partial charge on any atom is 0.305 e. The van der Waals surface area contributed by atoms with Crippen molar-refractivity contribution in [3.05, 3.63) is 28.8 Å². The molecule has 1 aromatic rings. The molecule has 2 N–H and O–H groups in total. The van der Waals surface area contributed by atoms with E-state index < -0.39 is 5.97 Å². The van der Waals surface area contributed by atoms with Crippen molar-refractivity contribution < 1.29 is 24.5 Å². The van der Waals surface area contributed by atoms with Crippen LogP contribution in [0.3, 0.4) is 0 Å². The van der Waals surface area contributed by atoms with E-state index in [1.807, 2.05) is 19.1 Å². The molecule has 250 valence electrons. The first-order valence-corrected chi connectivity index (χ1v) is 17.5. The molecular weight excluding hydrogens is 536 g/mol. The first-order chi connectivity index (χ1) is 20.2. The van der Waals surface area contributed by atoms with Gasteiger partial charge in [0.15, 0.2) is 0 Å². The predicted octanol–water partition coefficient (Wildman–Crippen LogP) is 11.2. The second kappa shape index (κ2) is 23.4. The summed E-state index contributed by atoms with van der Waals surface area (Å²) < 4.78 is 5.07. The zero-order valence-electron chi connectivity index (χ0n) is 29.4. The maximum atomic E-state index is 10.9. The Labute approximate surface area is 265 Å². The molecule has 5 heteroatoms. The monoisotopic (exact) mass is 605 g/mol. The molecule has 5 nitrogen and oxygen atoms in total. The number of carbonyl (C=O) groups excluding carboxylic acids is 1. The Kier molecular flexibility index (Phi) is 22.2. The van der Waals surface area contributed by atoms with E-state index in [-0.39, 0.29) is 23.2 Å². The van der Waals surface area contributed by atoms with Crippen LogP contribution in [0.2, 0.25) is 0 Å². The van der Waals surface area contributed by atoms with Crippen molar-refractivity contribution in [2.45, 2.75) is 188 Å². The van der Waals surface area contributed by atoms with E-state index in [2.05, 4.69) is 48.5 Å². The Bertz CT molecular complexity index is 840. The number of rotatable bonds is 21. The van der Waals surface area contributed by atoms with Crippen LogP contribution in [0.1, 0.15) is 188 Å². The summed E-state index contributed by atoms with van der Waals surface area (Å²) in [6, 6.07) is 3.88. The molecule has 43 heavy (non-hydrogen) atoms. The number of carbonyl (C=O) groups is 2. The van der Waals surface area contributed by atoms with Gasteiger partial charge in [0.05, 0.1) is 6.61 Å². The number of hydrogen-bond acceptors (Lipinski definition) is 4. The predicted molar refractivity (Wildman–Crippen MR) is 182 cm³/mol. The third kappa shape index (κ3) is 21.3. The van der Waals surface area contributed by atoms with E-state index in [9.17, 15) is 14.7 Å². The molecule has 0 saturated heterocycles. The highest BCUT2D eigenvalue weighted by molar-refractivity contribution is 5.68. The minimum Gasteiger partial charge on any atom is -0.507 e. The molecule has 0 aliphatic carbocycles. The van der Waals surface area contributed by atoms with Gasteiger partial charge in [-0.25, -0.2) is 0 Å². The summed E-state index contributed by atoms with van der Waals surface area (Å²) >= 11 is 0.